The van der Waals surface area contributed by atoms with Gasteiger partial charge in [-0.15, -0.1) is 5.16 Å². The van der Waals surface area contributed by atoms with Crippen molar-refractivity contribution in [2.24, 2.45) is 5.16 Å². The van der Waals surface area contributed by atoms with Crippen LogP contribution in [0.1, 0.15) is 0 Å². The summed E-state index contributed by atoms with van der Waals surface area (Å²) < 4.78 is 0. The SMILES string of the molecule is C=NOCC[SH]1C=CC=C1. The standard InChI is InChI=1S/C7H11NOS/c1-8-9-4-7-10-5-2-3-6-10/h2-3,5-6,10H,1,4,7H2. The van der Waals surface area contributed by atoms with Gasteiger partial charge in [0.05, 0.1) is 0 Å². The molecule has 1 aliphatic rings. The molecule has 0 aromatic heterocycles. The Kier molecular flexibility index (Phi) is 3.09. The summed E-state index contributed by atoms with van der Waals surface area (Å²) in [7, 11) is -0.0306. The van der Waals surface area contributed by atoms with E-state index in [4.69, 9.17) is 4.84 Å². The summed E-state index contributed by atoms with van der Waals surface area (Å²) in [5.41, 5.74) is 0. The molecule has 56 valence electrons. The summed E-state index contributed by atoms with van der Waals surface area (Å²) in [4.78, 5) is 4.76. The topological polar surface area (TPSA) is 21.6 Å². The largest absolute Gasteiger partial charge is 0.395 e. The summed E-state index contributed by atoms with van der Waals surface area (Å²) >= 11 is 0. The van der Waals surface area contributed by atoms with E-state index in [1.54, 1.807) is 0 Å². The Morgan fingerprint density at radius 3 is 2.70 bits per heavy atom. The van der Waals surface area contributed by atoms with Crippen LogP contribution in [0.4, 0.5) is 0 Å². The number of allylic oxidation sites excluding steroid dienone is 2. The van der Waals surface area contributed by atoms with Crippen LogP contribution in [-0.2, 0) is 4.84 Å². The lowest BCUT2D eigenvalue weighted by Crippen LogP contribution is -1.92. The molecule has 0 saturated heterocycles. The molecule has 1 heterocycles. The molecule has 0 aliphatic carbocycles. The number of nitrogens with zero attached hydrogens (tertiary/aromatic N) is 1. The van der Waals surface area contributed by atoms with Gasteiger partial charge in [-0.1, -0.05) is 12.2 Å². The van der Waals surface area contributed by atoms with Gasteiger partial charge in [-0.3, -0.25) is 0 Å². The Labute approximate surface area is 63.6 Å². The van der Waals surface area contributed by atoms with Crippen molar-refractivity contribution in [3.05, 3.63) is 23.0 Å². The number of hydrogen-bond donors (Lipinski definition) is 1. The quantitative estimate of drug-likeness (QED) is 0.285. The molecule has 2 nitrogen and oxygen atoms in total. The third-order valence-electron chi connectivity index (χ3n) is 1.20. The average molecular weight is 157 g/mol. The van der Waals surface area contributed by atoms with Crippen molar-refractivity contribution in [1.29, 1.82) is 0 Å². The third-order valence-corrected chi connectivity index (χ3v) is 3.01. The van der Waals surface area contributed by atoms with Crippen LogP contribution in [0.25, 0.3) is 0 Å². The zero-order valence-corrected chi connectivity index (χ0v) is 6.63. The highest BCUT2D eigenvalue weighted by molar-refractivity contribution is 8.22. The second-order valence-corrected chi connectivity index (χ2v) is 3.96. The maximum atomic E-state index is 4.76. The first-order valence-electron chi connectivity index (χ1n) is 3.12. The van der Waals surface area contributed by atoms with Crippen molar-refractivity contribution in [2.45, 2.75) is 0 Å². The molecule has 0 atom stereocenters. The van der Waals surface area contributed by atoms with Gasteiger partial charge in [0.15, 0.2) is 0 Å². The molecule has 1 rings (SSSR count). The Morgan fingerprint density at radius 2 is 2.10 bits per heavy atom. The second-order valence-electron chi connectivity index (χ2n) is 1.88. The highest BCUT2D eigenvalue weighted by atomic mass is 32.2. The molecule has 10 heavy (non-hydrogen) atoms. The summed E-state index contributed by atoms with van der Waals surface area (Å²) in [6, 6.07) is 0. The van der Waals surface area contributed by atoms with E-state index >= 15 is 0 Å². The first-order valence-corrected chi connectivity index (χ1v) is 4.79. The lowest BCUT2D eigenvalue weighted by Gasteiger charge is -2.06. The zero-order valence-electron chi connectivity index (χ0n) is 5.73. The molecule has 0 spiro atoms. The van der Waals surface area contributed by atoms with Crippen LogP contribution in [0.3, 0.4) is 0 Å². The lowest BCUT2D eigenvalue weighted by atomic mass is 10.6. The number of oxime groups is 1. The van der Waals surface area contributed by atoms with Crippen molar-refractivity contribution in [2.75, 3.05) is 12.4 Å². The Morgan fingerprint density at radius 1 is 1.40 bits per heavy atom. The van der Waals surface area contributed by atoms with E-state index in [0.29, 0.717) is 6.61 Å². The average Bonchev–Trinajstić information content (AvgIpc) is 2.41. The monoisotopic (exact) mass is 157 g/mol. The highest BCUT2D eigenvalue weighted by Crippen LogP contribution is 2.31. The molecular weight excluding hydrogens is 146 g/mol. The second kappa shape index (κ2) is 4.17. The first-order chi connectivity index (χ1) is 4.93. The molecule has 0 bridgehead atoms. The van der Waals surface area contributed by atoms with Crippen molar-refractivity contribution in [1.82, 2.24) is 0 Å². The molecule has 0 fully saturated rings. The van der Waals surface area contributed by atoms with Crippen LogP contribution >= 0.6 is 10.9 Å². The van der Waals surface area contributed by atoms with Crippen LogP contribution in [0.2, 0.25) is 0 Å². The molecule has 0 aromatic rings. The van der Waals surface area contributed by atoms with Gasteiger partial charge in [0.25, 0.3) is 0 Å². The third kappa shape index (κ3) is 2.27. The molecular formula is C7H11NOS. The van der Waals surface area contributed by atoms with Gasteiger partial charge in [0.1, 0.15) is 6.61 Å². The fourth-order valence-electron chi connectivity index (χ4n) is 0.730. The van der Waals surface area contributed by atoms with Gasteiger partial charge in [-0.2, -0.15) is 0 Å². The lowest BCUT2D eigenvalue weighted by molar-refractivity contribution is 0.164. The van der Waals surface area contributed by atoms with Gasteiger partial charge in [-0.05, 0) is 10.8 Å². The summed E-state index contributed by atoms with van der Waals surface area (Å²) in [5, 5.41) is 7.73. The highest BCUT2D eigenvalue weighted by Gasteiger charge is 1.97. The number of hydrogen-bond acceptors (Lipinski definition) is 2. The smallest absolute Gasteiger partial charge is 0.125 e. The van der Waals surface area contributed by atoms with E-state index in [1.165, 1.54) is 0 Å². The van der Waals surface area contributed by atoms with Crippen LogP contribution < -0.4 is 0 Å². The van der Waals surface area contributed by atoms with E-state index in [1.807, 2.05) is 0 Å². The van der Waals surface area contributed by atoms with E-state index in [-0.39, 0.29) is 10.9 Å². The van der Waals surface area contributed by atoms with E-state index < -0.39 is 0 Å². The van der Waals surface area contributed by atoms with Crippen molar-refractivity contribution in [3.63, 3.8) is 0 Å². The van der Waals surface area contributed by atoms with Crippen molar-refractivity contribution in [3.8, 4) is 0 Å². The minimum atomic E-state index is -0.0306. The molecule has 3 heteroatoms. The van der Waals surface area contributed by atoms with Gasteiger partial charge >= 0.3 is 0 Å². The Bertz CT molecular complexity index is 153. The minimum absolute atomic E-state index is 0.0306. The summed E-state index contributed by atoms with van der Waals surface area (Å²) in [6.07, 6.45) is 4.15. The van der Waals surface area contributed by atoms with Crippen LogP contribution in [-0.4, -0.2) is 19.1 Å². The van der Waals surface area contributed by atoms with Crippen LogP contribution in [0.15, 0.2) is 28.1 Å². The maximum Gasteiger partial charge on any atom is 0.125 e. The molecule has 0 radical (unpaired) electrons. The Hall–Kier alpha value is -0.700. The van der Waals surface area contributed by atoms with E-state index in [9.17, 15) is 0 Å². The molecule has 1 aliphatic heterocycles. The van der Waals surface area contributed by atoms with E-state index in [2.05, 4.69) is 34.8 Å². The summed E-state index contributed by atoms with van der Waals surface area (Å²) in [5.74, 6) is 1.06. The summed E-state index contributed by atoms with van der Waals surface area (Å²) in [6.45, 7) is 3.91. The predicted molar refractivity (Wildman–Crippen MR) is 47.6 cm³/mol. The van der Waals surface area contributed by atoms with Crippen molar-refractivity contribution >= 4 is 17.6 Å². The zero-order chi connectivity index (χ0) is 7.23. The van der Waals surface area contributed by atoms with Gasteiger partial charge in [0.2, 0.25) is 0 Å². The number of thiol groups is 1. The van der Waals surface area contributed by atoms with Gasteiger partial charge < -0.3 is 4.84 Å². The maximum absolute atomic E-state index is 4.76. The fraction of sp³-hybridized carbons (Fsp3) is 0.286. The minimum Gasteiger partial charge on any atom is -0.395 e. The predicted octanol–water partition coefficient (Wildman–Crippen LogP) is 1.66. The molecule has 0 N–H and O–H groups in total. The van der Waals surface area contributed by atoms with E-state index in [0.717, 1.165) is 5.75 Å². The number of rotatable bonds is 4. The molecule has 0 saturated carbocycles. The molecule has 0 unspecified atom stereocenters. The van der Waals surface area contributed by atoms with Gasteiger partial charge in [0, 0.05) is 12.5 Å². The van der Waals surface area contributed by atoms with Crippen LogP contribution in [0, 0.1) is 0 Å². The van der Waals surface area contributed by atoms with Crippen LogP contribution in [0.5, 0.6) is 0 Å². The van der Waals surface area contributed by atoms with Gasteiger partial charge in [-0.25, -0.2) is 10.9 Å². The molecule has 0 amide bonds. The van der Waals surface area contributed by atoms with Crippen molar-refractivity contribution < 1.29 is 4.84 Å². The normalized spacial score (nSPS) is 17.8. The Balaban J connectivity index is 2.08. The first kappa shape index (κ1) is 7.41. The molecule has 0 aromatic carbocycles. The fourth-order valence-corrected chi connectivity index (χ4v) is 2.06.